The maximum absolute atomic E-state index is 3.61. The van der Waals surface area contributed by atoms with Gasteiger partial charge in [0, 0.05) is 36.2 Å². The van der Waals surface area contributed by atoms with Crippen molar-refractivity contribution < 1.29 is 0 Å². The topological polar surface area (TPSA) is 15.3 Å². The van der Waals surface area contributed by atoms with Gasteiger partial charge >= 0.3 is 0 Å². The van der Waals surface area contributed by atoms with Crippen LogP contribution in [0, 0.1) is 5.92 Å². The molecule has 1 heterocycles. The fraction of sp³-hybridized carbons (Fsp3) is 1.00. The van der Waals surface area contributed by atoms with Crippen molar-refractivity contribution >= 4 is 11.8 Å². The van der Waals surface area contributed by atoms with Crippen LogP contribution in [0.2, 0.25) is 0 Å². The van der Waals surface area contributed by atoms with Gasteiger partial charge in [0.15, 0.2) is 0 Å². The zero-order valence-corrected chi connectivity index (χ0v) is 12.4. The molecule has 0 amide bonds. The van der Waals surface area contributed by atoms with E-state index in [1.54, 1.807) is 0 Å². The Bertz CT molecular complexity index is 195. The van der Waals surface area contributed by atoms with Gasteiger partial charge in [-0.3, -0.25) is 4.90 Å². The normalized spacial score (nSPS) is 23.1. The molecule has 1 N–H and O–H groups in total. The summed E-state index contributed by atoms with van der Waals surface area (Å²) >= 11 is 2.09. The van der Waals surface area contributed by atoms with Crippen molar-refractivity contribution in [2.24, 2.45) is 5.92 Å². The molecule has 2 unspecified atom stereocenters. The molecule has 16 heavy (non-hydrogen) atoms. The van der Waals surface area contributed by atoms with Gasteiger partial charge in [0.1, 0.15) is 0 Å². The summed E-state index contributed by atoms with van der Waals surface area (Å²) < 4.78 is 0. The second-order valence-electron chi connectivity index (χ2n) is 6.00. The number of thioether (sulfide) groups is 1. The molecule has 0 bridgehead atoms. The highest BCUT2D eigenvalue weighted by atomic mass is 32.2. The third-order valence-corrected chi connectivity index (χ3v) is 4.34. The third kappa shape index (κ3) is 5.07. The quantitative estimate of drug-likeness (QED) is 0.818. The van der Waals surface area contributed by atoms with Crippen LogP contribution < -0.4 is 5.32 Å². The van der Waals surface area contributed by atoms with Gasteiger partial charge < -0.3 is 5.32 Å². The summed E-state index contributed by atoms with van der Waals surface area (Å²) in [6.07, 6.45) is 0. The van der Waals surface area contributed by atoms with E-state index in [4.69, 9.17) is 0 Å². The van der Waals surface area contributed by atoms with E-state index < -0.39 is 0 Å². The molecular formula is C13H28N2S. The predicted octanol–water partition coefficient (Wildman–Crippen LogP) is 2.45. The summed E-state index contributed by atoms with van der Waals surface area (Å²) in [6.45, 7) is 15.1. The average Bonchev–Trinajstić information content (AvgIpc) is 2.25. The van der Waals surface area contributed by atoms with Gasteiger partial charge in [0.2, 0.25) is 0 Å². The molecular weight excluding hydrogens is 216 g/mol. The summed E-state index contributed by atoms with van der Waals surface area (Å²) in [5, 5.41) is 3.61. The van der Waals surface area contributed by atoms with Crippen LogP contribution in [0.15, 0.2) is 0 Å². The van der Waals surface area contributed by atoms with Crippen LogP contribution in [-0.2, 0) is 0 Å². The molecule has 0 aromatic rings. The number of hydrogen-bond donors (Lipinski definition) is 1. The minimum absolute atomic E-state index is 0.242. The first-order valence-electron chi connectivity index (χ1n) is 6.47. The zero-order valence-electron chi connectivity index (χ0n) is 11.5. The summed E-state index contributed by atoms with van der Waals surface area (Å²) in [4.78, 5) is 2.64. The predicted molar refractivity (Wildman–Crippen MR) is 75.3 cm³/mol. The van der Waals surface area contributed by atoms with Gasteiger partial charge in [0.25, 0.3) is 0 Å². The average molecular weight is 244 g/mol. The fourth-order valence-electron chi connectivity index (χ4n) is 1.98. The second-order valence-corrected chi connectivity index (χ2v) is 7.22. The Morgan fingerprint density at radius 2 is 1.75 bits per heavy atom. The molecule has 1 aliphatic rings. The number of rotatable bonds is 4. The van der Waals surface area contributed by atoms with Crippen molar-refractivity contribution in [1.82, 2.24) is 10.2 Å². The highest BCUT2D eigenvalue weighted by Gasteiger charge is 2.22. The lowest BCUT2D eigenvalue weighted by molar-refractivity contribution is 0.169. The van der Waals surface area contributed by atoms with Crippen molar-refractivity contribution in [3.8, 4) is 0 Å². The van der Waals surface area contributed by atoms with Crippen molar-refractivity contribution in [3.63, 3.8) is 0 Å². The highest BCUT2D eigenvalue weighted by molar-refractivity contribution is 7.99. The Balaban J connectivity index is 2.31. The zero-order chi connectivity index (χ0) is 12.2. The Hall–Kier alpha value is 0.270. The largest absolute Gasteiger partial charge is 0.312 e. The first-order valence-corrected chi connectivity index (χ1v) is 7.62. The smallest absolute Gasteiger partial charge is 0.0105 e. The van der Waals surface area contributed by atoms with Crippen molar-refractivity contribution in [1.29, 1.82) is 0 Å². The van der Waals surface area contributed by atoms with E-state index in [9.17, 15) is 0 Å². The summed E-state index contributed by atoms with van der Waals surface area (Å²) in [5.41, 5.74) is 0.242. The lowest BCUT2D eigenvalue weighted by atomic mass is 10.00. The molecule has 1 saturated heterocycles. The SMILES string of the molecule is CC(CNC(C)(C)C)C(C)N1CCSCC1. The summed E-state index contributed by atoms with van der Waals surface area (Å²) in [6, 6.07) is 0.704. The molecule has 96 valence electrons. The molecule has 1 aliphatic heterocycles. The van der Waals surface area contributed by atoms with Gasteiger partial charge in [-0.2, -0.15) is 11.8 Å². The van der Waals surface area contributed by atoms with Gasteiger partial charge in [-0.25, -0.2) is 0 Å². The van der Waals surface area contributed by atoms with Crippen molar-refractivity contribution in [2.45, 2.75) is 46.2 Å². The highest BCUT2D eigenvalue weighted by Crippen LogP contribution is 2.17. The Kier molecular flexibility index (Phi) is 5.62. The standard InChI is InChI=1S/C13H28N2S/c1-11(10-14-13(3,4)5)12(2)15-6-8-16-9-7-15/h11-12,14H,6-10H2,1-5H3. The molecule has 3 heteroatoms. The third-order valence-electron chi connectivity index (χ3n) is 3.40. The van der Waals surface area contributed by atoms with Gasteiger partial charge in [0.05, 0.1) is 0 Å². The fourth-order valence-corrected chi connectivity index (χ4v) is 2.91. The van der Waals surface area contributed by atoms with E-state index in [1.165, 1.54) is 24.6 Å². The van der Waals surface area contributed by atoms with Crippen LogP contribution in [0.4, 0.5) is 0 Å². The summed E-state index contributed by atoms with van der Waals surface area (Å²) in [7, 11) is 0. The van der Waals surface area contributed by atoms with E-state index in [0.29, 0.717) is 6.04 Å². The summed E-state index contributed by atoms with van der Waals surface area (Å²) in [5.74, 6) is 3.34. The molecule has 0 spiro atoms. The first kappa shape index (κ1) is 14.3. The van der Waals surface area contributed by atoms with Crippen LogP contribution >= 0.6 is 11.8 Å². The van der Waals surface area contributed by atoms with E-state index in [0.717, 1.165) is 12.5 Å². The Morgan fingerprint density at radius 1 is 1.19 bits per heavy atom. The monoisotopic (exact) mass is 244 g/mol. The van der Waals surface area contributed by atoms with Crippen LogP contribution in [0.25, 0.3) is 0 Å². The van der Waals surface area contributed by atoms with Crippen molar-refractivity contribution in [3.05, 3.63) is 0 Å². The van der Waals surface area contributed by atoms with Crippen LogP contribution in [-0.4, -0.2) is 47.6 Å². The van der Waals surface area contributed by atoms with Gasteiger partial charge in [-0.1, -0.05) is 6.92 Å². The van der Waals surface area contributed by atoms with E-state index >= 15 is 0 Å². The molecule has 2 nitrogen and oxygen atoms in total. The number of nitrogens with one attached hydrogen (secondary N) is 1. The lowest BCUT2D eigenvalue weighted by Gasteiger charge is -2.36. The molecule has 0 aromatic heterocycles. The van der Waals surface area contributed by atoms with Gasteiger partial charge in [-0.15, -0.1) is 0 Å². The van der Waals surface area contributed by atoms with Crippen LogP contribution in [0.1, 0.15) is 34.6 Å². The molecule has 1 fully saturated rings. The minimum Gasteiger partial charge on any atom is -0.312 e. The molecule has 0 saturated carbocycles. The molecule has 2 atom stereocenters. The maximum Gasteiger partial charge on any atom is 0.0105 e. The van der Waals surface area contributed by atoms with Gasteiger partial charge in [-0.05, 0) is 40.2 Å². The van der Waals surface area contributed by atoms with Crippen LogP contribution in [0.5, 0.6) is 0 Å². The van der Waals surface area contributed by atoms with E-state index in [1.807, 2.05) is 0 Å². The Labute approximate surface area is 106 Å². The second kappa shape index (κ2) is 6.27. The molecule has 0 aromatic carbocycles. The van der Waals surface area contributed by atoms with E-state index in [-0.39, 0.29) is 5.54 Å². The minimum atomic E-state index is 0.242. The Morgan fingerprint density at radius 3 is 2.25 bits per heavy atom. The molecule has 1 rings (SSSR count). The maximum atomic E-state index is 3.61. The lowest BCUT2D eigenvalue weighted by Crippen LogP contribution is -2.47. The number of nitrogens with zero attached hydrogens (tertiary/aromatic N) is 1. The first-order chi connectivity index (χ1) is 7.40. The van der Waals surface area contributed by atoms with Crippen molar-refractivity contribution in [2.75, 3.05) is 31.1 Å². The molecule has 0 radical (unpaired) electrons. The van der Waals surface area contributed by atoms with Crippen LogP contribution in [0.3, 0.4) is 0 Å². The number of hydrogen-bond acceptors (Lipinski definition) is 3. The van der Waals surface area contributed by atoms with E-state index in [2.05, 4.69) is 56.6 Å². The molecule has 0 aliphatic carbocycles.